The van der Waals surface area contributed by atoms with E-state index in [1.165, 1.54) is 11.1 Å². The van der Waals surface area contributed by atoms with Crippen LogP contribution in [0.4, 0.5) is 5.69 Å². The molecule has 1 heterocycles. The fourth-order valence-electron chi connectivity index (χ4n) is 2.13. The number of benzene rings is 2. The van der Waals surface area contributed by atoms with Crippen molar-refractivity contribution in [3.8, 4) is 11.4 Å². The Labute approximate surface area is 127 Å². The summed E-state index contributed by atoms with van der Waals surface area (Å²) in [7, 11) is 0. The Bertz CT molecular complexity index is 781. The summed E-state index contributed by atoms with van der Waals surface area (Å²) in [5.74, 6) is 0.667. The zero-order chi connectivity index (χ0) is 14.8. The third-order valence-corrected chi connectivity index (χ3v) is 3.70. The van der Waals surface area contributed by atoms with Crippen molar-refractivity contribution in [2.45, 2.75) is 13.5 Å². The minimum Gasteiger partial charge on any atom is -0.398 e. The molecule has 5 nitrogen and oxygen atoms in total. The van der Waals surface area contributed by atoms with Crippen LogP contribution in [0.15, 0.2) is 42.5 Å². The number of tetrazole rings is 1. The highest BCUT2D eigenvalue weighted by Crippen LogP contribution is 2.25. The molecule has 0 amide bonds. The number of nitrogens with zero attached hydrogens (tertiary/aromatic N) is 4. The molecule has 0 saturated heterocycles. The van der Waals surface area contributed by atoms with Crippen LogP contribution >= 0.6 is 11.6 Å². The Hall–Kier alpha value is -2.40. The minimum atomic E-state index is 0.498. The lowest BCUT2D eigenvalue weighted by atomic mass is 10.1. The van der Waals surface area contributed by atoms with E-state index in [0.29, 0.717) is 23.1 Å². The topological polar surface area (TPSA) is 69.6 Å². The molecule has 2 aromatic carbocycles. The molecule has 0 fully saturated rings. The second kappa shape index (κ2) is 5.54. The Morgan fingerprint density at radius 2 is 2.00 bits per heavy atom. The lowest BCUT2D eigenvalue weighted by Gasteiger charge is -2.08. The highest BCUT2D eigenvalue weighted by molar-refractivity contribution is 6.33. The number of rotatable bonds is 3. The van der Waals surface area contributed by atoms with Gasteiger partial charge in [-0.15, -0.1) is 5.10 Å². The van der Waals surface area contributed by atoms with Gasteiger partial charge in [0.15, 0.2) is 5.82 Å². The van der Waals surface area contributed by atoms with Gasteiger partial charge in [0.2, 0.25) is 0 Å². The number of hydrogen-bond acceptors (Lipinski definition) is 4. The normalized spacial score (nSPS) is 10.8. The smallest absolute Gasteiger partial charge is 0.182 e. The van der Waals surface area contributed by atoms with Gasteiger partial charge in [-0.2, -0.15) is 0 Å². The lowest BCUT2D eigenvalue weighted by Crippen LogP contribution is -2.05. The van der Waals surface area contributed by atoms with Crippen LogP contribution in [-0.4, -0.2) is 20.2 Å². The maximum Gasteiger partial charge on any atom is 0.182 e. The van der Waals surface area contributed by atoms with E-state index in [9.17, 15) is 0 Å². The molecule has 0 saturated carbocycles. The second-order valence-electron chi connectivity index (χ2n) is 4.82. The van der Waals surface area contributed by atoms with E-state index < -0.39 is 0 Å². The van der Waals surface area contributed by atoms with Crippen molar-refractivity contribution in [1.82, 2.24) is 20.2 Å². The van der Waals surface area contributed by atoms with Crippen LogP contribution in [0.25, 0.3) is 11.4 Å². The summed E-state index contributed by atoms with van der Waals surface area (Å²) < 4.78 is 1.75. The number of aromatic nitrogens is 4. The molecule has 3 aromatic rings. The first-order valence-corrected chi connectivity index (χ1v) is 6.89. The summed E-state index contributed by atoms with van der Waals surface area (Å²) in [6.45, 7) is 2.68. The molecule has 6 heteroatoms. The van der Waals surface area contributed by atoms with Gasteiger partial charge in [0.05, 0.1) is 17.3 Å². The molecule has 0 aliphatic heterocycles. The van der Waals surface area contributed by atoms with Crippen molar-refractivity contribution >= 4 is 17.3 Å². The molecule has 0 unspecified atom stereocenters. The third-order valence-electron chi connectivity index (χ3n) is 3.37. The molecular formula is C15H14ClN5. The molecule has 1 aromatic heterocycles. The van der Waals surface area contributed by atoms with Gasteiger partial charge >= 0.3 is 0 Å². The fraction of sp³-hybridized carbons (Fsp3) is 0.133. The fourth-order valence-corrected chi connectivity index (χ4v) is 2.31. The Balaban J connectivity index is 1.97. The second-order valence-corrected chi connectivity index (χ2v) is 5.23. The zero-order valence-corrected chi connectivity index (χ0v) is 12.2. The first-order chi connectivity index (χ1) is 10.1. The van der Waals surface area contributed by atoms with E-state index >= 15 is 0 Å². The van der Waals surface area contributed by atoms with Crippen LogP contribution < -0.4 is 5.73 Å². The lowest BCUT2D eigenvalue weighted by molar-refractivity contribution is 0.651. The summed E-state index contributed by atoms with van der Waals surface area (Å²) in [6, 6.07) is 13.5. The minimum absolute atomic E-state index is 0.498. The zero-order valence-electron chi connectivity index (χ0n) is 11.5. The summed E-state index contributed by atoms with van der Waals surface area (Å²) in [5.41, 5.74) is 9.49. The van der Waals surface area contributed by atoms with Gasteiger partial charge in [0.1, 0.15) is 0 Å². The summed E-state index contributed by atoms with van der Waals surface area (Å²) in [5, 5.41) is 12.4. The van der Waals surface area contributed by atoms with Gasteiger partial charge in [-0.05, 0) is 46.7 Å². The van der Waals surface area contributed by atoms with Crippen LogP contribution in [0.3, 0.4) is 0 Å². The Morgan fingerprint density at radius 3 is 2.76 bits per heavy atom. The van der Waals surface area contributed by atoms with E-state index in [0.717, 1.165) is 5.56 Å². The van der Waals surface area contributed by atoms with E-state index in [-0.39, 0.29) is 0 Å². The van der Waals surface area contributed by atoms with Crippen molar-refractivity contribution in [3.63, 3.8) is 0 Å². The van der Waals surface area contributed by atoms with Crippen LogP contribution in [0.2, 0.25) is 5.02 Å². The first kappa shape index (κ1) is 13.6. The average Bonchev–Trinajstić information content (AvgIpc) is 2.93. The predicted molar refractivity (Wildman–Crippen MR) is 83.0 cm³/mol. The maximum absolute atomic E-state index is 6.07. The largest absolute Gasteiger partial charge is 0.398 e. The molecule has 3 rings (SSSR count). The SMILES string of the molecule is Cc1ccccc1Cn1nnnc1-c1ccc(N)c(Cl)c1. The van der Waals surface area contributed by atoms with Gasteiger partial charge in [0, 0.05) is 5.56 Å². The summed E-state index contributed by atoms with van der Waals surface area (Å²) in [6.07, 6.45) is 0. The molecule has 0 spiro atoms. The van der Waals surface area contributed by atoms with Gasteiger partial charge in [0.25, 0.3) is 0 Å². The van der Waals surface area contributed by atoms with Crippen LogP contribution in [0.1, 0.15) is 11.1 Å². The maximum atomic E-state index is 6.07. The standard InChI is InChI=1S/C15H14ClN5/c1-10-4-2-3-5-12(10)9-21-15(18-19-20-21)11-6-7-14(17)13(16)8-11/h2-8H,9,17H2,1H3. The predicted octanol–water partition coefficient (Wildman–Crippen LogP) is 2.93. The number of anilines is 1. The monoisotopic (exact) mass is 299 g/mol. The molecule has 0 bridgehead atoms. The molecule has 2 N–H and O–H groups in total. The van der Waals surface area contributed by atoms with E-state index in [4.69, 9.17) is 17.3 Å². The van der Waals surface area contributed by atoms with E-state index in [1.807, 2.05) is 18.2 Å². The van der Waals surface area contributed by atoms with Crippen molar-refractivity contribution in [2.24, 2.45) is 0 Å². The van der Waals surface area contributed by atoms with Gasteiger partial charge in [-0.3, -0.25) is 0 Å². The van der Waals surface area contributed by atoms with Crippen LogP contribution in [0.5, 0.6) is 0 Å². The van der Waals surface area contributed by atoms with Gasteiger partial charge in [-0.1, -0.05) is 35.9 Å². The van der Waals surface area contributed by atoms with Gasteiger partial charge in [-0.25, -0.2) is 4.68 Å². The van der Waals surface area contributed by atoms with Crippen molar-refractivity contribution in [3.05, 3.63) is 58.6 Å². The molecule has 0 aliphatic carbocycles. The third kappa shape index (κ3) is 2.73. The highest BCUT2D eigenvalue weighted by Gasteiger charge is 2.11. The summed E-state index contributed by atoms with van der Waals surface area (Å²) in [4.78, 5) is 0. The van der Waals surface area contributed by atoms with Crippen LogP contribution in [-0.2, 0) is 6.54 Å². The average molecular weight is 300 g/mol. The Kier molecular flexibility index (Phi) is 3.58. The highest BCUT2D eigenvalue weighted by atomic mass is 35.5. The number of hydrogen-bond donors (Lipinski definition) is 1. The van der Waals surface area contributed by atoms with E-state index in [1.54, 1.807) is 16.8 Å². The molecule has 0 aliphatic rings. The number of nitrogen functional groups attached to an aromatic ring is 1. The molecule has 0 radical (unpaired) electrons. The number of halogens is 1. The quantitative estimate of drug-likeness (QED) is 0.755. The number of aryl methyl sites for hydroxylation is 1. The van der Waals surface area contributed by atoms with Gasteiger partial charge < -0.3 is 5.73 Å². The van der Waals surface area contributed by atoms with Crippen molar-refractivity contribution in [1.29, 1.82) is 0 Å². The van der Waals surface area contributed by atoms with Crippen molar-refractivity contribution < 1.29 is 0 Å². The van der Waals surface area contributed by atoms with Crippen LogP contribution in [0, 0.1) is 6.92 Å². The van der Waals surface area contributed by atoms with E-state index in [2.05, 4.69) is 34.6 Å². The summed E-state index contributed by atoms with van der Waals surface area (Å²) >= 11 is 6.07. The molecule has 21 heavy (non-hydrogen) atoms. The molecule has 0 atom stereocenters. The van der Waals surface area contributed by atoms with Crippen molar-refractivity contribution in [2.75, 3.05) is 5.73 Å². The molecule has 106 valence electrons. The molecular weight excluding hydrogens is 286 g/mol. The Morgan fingerprint density at radius 1 is 1.19 bits per heavy atom. The first-order valence-electron chi connectivity index (χ1n) is 6.51. The number of nitrogens with two attached hydrogens (primary N) is 1.